The van der Waals surface area contributed by atoms with Crippen LogP contribution >= 0.6 is 0 Å². The van der Waals surface area contributed by atoms with Gasteiger partial charge in [-0.15, -0.1) is 0 Å². The highest BCUT2D eigenvalue weighted by molar-refractivity contribution is 6.19. The third-order valence-corrected chi connectivity index (χ3v) is 4.05. The molecule has 2 aliphatic rings. The fourth-order valence-corrected chi connectivity index (χ4v) is 2.83. The Kier molecular flexibility index (Phi) is 2.24. The first-order valence-electron chi connectivity index (χ1n) is 5.41. The fraction of sp³-hybridized carbons (Fsp3) is 0.667. The smallest absolute Gasteiger partial charge is 0.341 e. The van der Waals surface area contributed by atoms with Gasteiger partial charge in [-0.25, -0.2) is 4.79 Å². The third kappa shape index (κ3) is 1.26. The normalized spacial score (nSPS) is 31.9. The fourth-order valence-electron chi connectivity index (χ4n) is 2.83. The summed E-state index contributed by atoms with van der Waals surface area (Å²) in [6.45, 7) is 3.43. The number of rotatable bonds is 1. The van der Waals surface area contributed by atoms with Gasteiger partial charge < -0.3 is 9.84 Å². The van der Waals surface area contributed by atoms with E-state index in [-0.39, 0.29) is 23.2 Å². The molecule has 88 valence electrons. The summed E-state index contributed by atoms with van der Waals surface area (Å²) in [5, 5.41) is 10.3. The Bertz CT molecular complexity index is 399. The Hall–Kier alpha value is -1.16. The van der Waals surface area contributed by atoms with E-state index >= 15 is 0 Å². The number of aliphatic hydroxyl groups is 1. The van der Waals surface area contributed by atoms with Gasteiger partial charge in [0.15, 0.2) is 5.78 Å². The molecule has 4 heteroatoms. The predicted octanol–water partition coefficient (Wildman–Crippen LogP) is 0.980. The summed E-state index contributed by atoms with van der Waals surface area (Å²) in [4.78, 5) is 23.3. The van der Waals surface area contributed by atoms with Crippen molar-refractivity contribution >= 4 is 11.8 Å². The van der Waals surface area contributed by atoms with Gasteiger partial charge in [0, 0.05) is 11.8 Å². The van der Waals surface area contributed by atoms with E-state index in [0.29, 0.717) is 5.57 Å². The molecule has 16 heavy (non-hydrogen) atoms. The molecule has 0 aromatic heterocycles. The second-order valence-electron chi connectivity index (χ2n) is 4.95. The Morgan fingerprint density at radius 3 is 2.44 bits per heavy atom. The van der Waals surface area contributed by atoms with Crippen LogP contribution in [0.1, 0.15) is 33.1 Å². The minimum absolute atomic E-state index is 0.00870. The van der Waals surface area contributed by atoms with Crippen molar-refractivity contribution in [2.45, 2.75) is 38.7 Å². The van der Waals surface area contributed by atoms with Gasteiger partial charge in [-0.2, -0.15) is 0 Å². The molecule has 1 spiro atoms. The van der Waals surface area contributed by atoms with Crippen LogP contribution in [0.4, 0.5) is 0 Å². The zero-order chi connectivity index (χ0) is 12.1. The van der Waals surface area contributed by atoms with E-state index in [1.807, 2.05) is 0 Å². The number of Topliss-reactive ketones (excluding diaryl/α,β-unsaturated/α-hetero) is 1. The van der Waals surface area contributed by atoms with Crippen molar-refractivity contribution in [1.82, 2.24) is 0 Å². The van der Waals surface area contributed by atoms with Gasteiger partial charge in [0.05, 0.1) is 12.7 Å². The number of ketones is 1. The molecule has 0 saturated heterocycles. The molecule has 1 saturated carbocycles. The van der Waals surface area contributed by atoms with Crippen LogP contribution in [-0.4, -0.2) is 29.6 Å². The van der Waals surface area contributed by atoms with Gasteiger partial charge >= 0.3 is 5.97 Å². The topological polar surface area (TPSA) is 63.6 Å². The Morgan fingerprint density at radius 1 is 1.44 bits per heavy atom. The van der Waals surface area contributed by atoms with E-state index in [9.17, 15) is 14.7 Å². The van der Waals surface area contributed by atoms with E-state index in [2.05, 4.69) is 4.74 Å². The highest BCUT2D eigenvalue weighted by Gasteiger charge is 2.61. The lowest BCUT2D eigenvalue weighted by Gasteiger charge is -2.38. The average Bonchev–Trinajstić information content (AvgIpc) is 2.95. The van der Waals surface area contributed by atoms with Crippen molar-refractivity contribution in [2.75, 3.05) is 7.11 Å². The van der Waals surface area contributed by atoms with Crippen LogP contribution in [0.25, 0.3) is 0 Å². The van der Waals surface area contributed by atoms with E-state index in [0.717, 1.165) is 12.8 Å². The number of esters is 1. The SMILES string of the molecule is COC(=O)C1=C(C)C2(CC2)C(C)(O)CC1=O. The van der Waals surface area contributed by atoms with Crippen LogP contribution in [0, 0.1) is 5.41 Å². The number of hydrogen-bond acceptors (Lipinski definition) is 4. The van der Waals surface area contributed by atoms with Crippen LogP contribution in [0.2, 0.25) is 0 Å². The molecule has 2 aliphatic carbocycles. The van der Waals surface area contributed by atoms with Crippen LogP contribution in [0.3, 0.4) is 0 Å². The standard InChI is InChI=1S/C12H16O4/c1-7-9(10(14)16-3)8(13)6-11(2,15)12(7)4-5-12/h15H,4-6H2,1-3H3. The van der Waals surface area contributed by atoms with Crippen molar-refractivity contribution in [3.8, 4) is 0 Å². The van der Waals surface area contributed by atoms with Crippen molar-refractivity contribution in [1.29, 1.82) is 0 Å². The van der Waals surface area contributed by atoms with Gasteiger partial charge in [0.25, 0.3) is 0 Å². The quantitative estimate of drug-likeness (QED) is 0.532. The maximum Gasteiger partial charge on any atom is 0.341 e. The molecule has 0 radical (unpaired) electrons. The zero-order valence-corrected chi connectivity index (χ0v) is 9.79. The minimum Gasteiger partial charge on any atom is -0.465 e. The van der Waals surface area contributed by atoms with Crippen LogP contribution in [-0.2, 0) is 14.3 Å². The molecular weight excluding hydrogens is 208 g/mol. The van der Waals surface area contributed by atoms with Gasteiger partial charge in [0.1, 0.15) is 5.57 Å². The molecule has 0 aromatic carbocycles. The zero-order valence-electron chi connectivity index (χ0n) is 9.79. The Morgan fingerprint density at radius 2 is 2.00 bits per heavy atom. The summed E-state index contributed by atoms with van der Waals surface area (Å²) in [7, 11) is 1.27. The molecule has 0 heterocycles. The van der Waals surface area contributed by atoms with Gasteiger partial charge in [-0.3, -0.25) is 4.79 Å². The van der Waals surface area contributed by atoms with Crippen LogP contribution in [0.15, 0.2) is 11.1 Å². The molecule has 1 N–H and O–H groups in total. The summed E-state index contributed by atoms with van der Waals surface area (Å²) in [6, 6.07) is 0. The molecule has 2 rings (SSSR count). The summed E-state index contributed by atoms with van der Waals surface area (Å²) in [6.07, 6.45) is 1.67. The molecule has 0 amide bonds. The Balaban J connectivity index is 2.52. The van der Waals surface area contributed by atoms with E-state index in [1.165, 1.54) is 7.11 Å². The predicted molar refractivity (Wildman–Crippen MR) is 56.6 cm³/mol. The molecule has 4 nitrogen and oxygen atoms in total. The number of hydrogen-bond donors (Lipinski definition) is 1. The molecule has 1 atom stereocenters. The number of carbonyl (C=O) groups excluding carboxylic acids is 2. The summed E-state index contributed by atoms with van der Waals surface area (Å²) < 4.78 is 4.62. The lowest BCUT2D eigenvalue weighted by molar-refractivity contribution is -0.140. The van der Waals surface area contributed by atoms with Gasteiger partial charge in [0.2, 0.25) is 0 Å². The third-order valence-electron chi connectivity index (χ3n) is 4.05. The second-order valence-corrected chi connectivity index (χ2v) is 4.95. The molecule has 0 bridgehead atoms. The maximum absolute atomic E-state index is 11.8. The van der Waals surface area contributed by atoms with Crippen molar-refractivity contribution in [2.24, 2.45) is 5.41 Å². The van der Waals surface area contributed by atoms with Crippen molar-refractivity contribution < 1.29 is 19.4 Å². The highest BCUT2D eigenvalue weighted by Crippen LogP contribution is 2.63. The molecule has 1 fully saturated rings. The first-order chi connectivity index (χ1) is 7.35. The van der Waals surface area contributed by atoms with Gasteiger partial charge in [-0.05, 0) is 32.3 Å². The Labute approximate surface area is 94.3 Å². The first kappa shape index (κ1) is 11.3. The van der Waals surface area contributed by atoms with E-state index in [1.54, 1.807) is 13.8 Å². The number of methoxy groups -OCH3 is 1. The largest absolute Gasteiger partial charge is 0.465 e. The van der Waals surface area contributed by atoms with E-state index < -0.39 is 11.6 Å². The van der Waals surface area contributed by atoms with Crippen LogP contribution in [0.5, 0.6) is 0 Å². The molecule has 1 unspecified atom stereocenters. The molecular formula is C12H16O4. The lowest BCUT2D eigenvalue weighted by Crippen LogP contribution is -2.45. The highest BCUT2D eigenvalue weighted by atomic mass is 16.5. The number of carbonyl (C=O) groups is 2. The van der Waals surface area contributed by atoms with Crippen molar-refractivity contribution in [3.63, 3.8) is 0 Å². The van der Waals surface area contributed by atoms with E-state index in [4.69, 9.17) is 0 Å². The minimum atomic E-state index is -1.02. The van der Waals surface area contributed by atoms with Crippen LogP contribution < -0.4 is 0 Å². The monoisotopic (exact) mass is 224 g/mol. The average molecular weight is 224 g/mol. The first-order valence-corrected chi connectivity index (χ1v) is 5.41. The number of ether oxygens (including phenoxy) is 1. The molecule has 0 aliphatic heterocycles. The van der Waals surface area contributed by atoms with Gasteiger partial charge in [-0.1, -0.05) is 0 Å². The lowest BCUT2D eigenvalue weighted by atomic mass is 9.70. The van der Waals surface area contributed by atoms with Crippen molar-refractivity contribution in [3.05, 3.63) is 11.1 Å². The second kappa shape index (κ2) is 3.17. The molecule has 0 aromatic rings. The summed E-state index contributed by atoms with van der Waals surface area (Å²) in [5.74, 6) is -0.892. The summed E-state index contributed by atoms with van der Waals surface area (Å²) in [5.41, 5.74) is -0.553. The maximum atomic E-state index is 11.8. The summed E-state index contributed by atoms with van der Waals surface area (Å²) >= 11 is 0.